The van der Waals surface area contributed by atoms with Gasteiger partial charge in [0.1, 0.15) is 19.8 Å². The van der Waals surface area contributed by atoms with Gasteiger partial charge in [-0.25, -0.2) is 4.57 Å². The monoisotopic (exact) mass is 743 g/mol. The van der Waals surface area contributed by atoms with Crippen LogP contribution in [0.4, 0.5) is 0 Å². The van der Waals surface area contributed by atoms with Crippen molar-refractivity contribution in [3.8, 4) is 0 Å². The molecule has 0 rings (SSSR count). The largest absolute Gasteiger partial charge is 0.472 e. The number of quaternary nitrogens is 1. The summed E-state index contributed by atoms with van der Waals surface area (Å²) in [5.74, 6) is -0.827. The Morgan fingerprint density at radius 1 is 0.608 bits per heavy atom. The van der Waals surface area contributed by atoms with Crippen molar-refractivity contribution in [2.24, 2.45) is 0 Å². The fourth-order valence-corrected chi connectivity index (χ4v) is 5.88. The smallest absolute Gasteiger partial charge is 0.462 e. The van der Waals surface area contributed by atoms with Crippen LogP contribution < -0.4 is 0 Å². The number of likely N-dealkylation sites (N-methyl/N-ethyl adjacent to an activating group) is 1. The molecule has 0 heterocycles. The predicted octanol–water partition coefficient (Wildman–Crippen LogP) is 11.0. The number of phosphoric ester groups is 1. The Hall–Kier alpha value is -1.77. The summed E-state index contributed by atoms with van der Waals surface area (Å²) in [4.78, 5) is 35.2. The van der Waals surface area contributed by atoms with E-state index < -0.39 is 26.5 Å². The second-order valence-electron chi connectivity index (χ2n) is 14.7. The Kier molecular flexibility index (Phi) is 32.8. The van der Waals surface area contributed by atoms with Crippen molar-refractivity contribution < 1.29 is 42.1 Å². The number of phosphoric acid groups is 1. The van der Waals surface area contributed by atoms with E-state index in [0.717, 1.165) is 83.5 Å². The van der Waals surface area contributed by atoms with Crippen LogP contribution in [0.1, 0.15) is 162 Å². The summed E-state index contributed by atoms with van der Waals surface area (Å²) in [6.07, 6.45) is 36.1. The number of carbonyl (C=O) groups excluding carboxylic acids is 2. The van der Waals surface area contributed by atoms with Gasteiger partial charge in [-0.2, -0.15) is 0 Å². The number of unbranched alkanes of at least 4 members (excludes halogenated alkanes) is 16. The fraction of sp³-hybridized carbons (Fsp3) is 0.805. The third-order valence-electron chi connectivity index (χ3n) is 8.39. The lowest BCUT2D eigenvalue weighted by molar-refractivity contribution is -0.870. The van der Waals surface area contributed by atoms with E-state index in [1.54, 1.807) is 0 Å². The lowest BCUT2D eigenvalue weighted by Crippen LogP contribution is -2.37. The Labute approximate surface area is 312 Å². The minimum Gasteiger partial charge on any atom is -0.462 e. The molecule has 0 aromatic heterocycles. The predicted molar refractivity (Wildman–Crippen MR) is 210 cm³/mol. The van der Waals surface area contributed by atoms with Crippen molar-refractivity contribution >= 4 is 19.8 Å². The van der Waals surface area contributed by atoms with Gasteiger partial charge in [0.25, 0.3) is 0 Å². The third-order valence-corrected chi connectivity index (χ3v) is 9.38. The average molecular weight is 743 g/mol. The molecule has 10 heteroatoms. The summed E-state index contributed by atoms with van der Waals surface area (Å²) in [5, 5.41) is 0. The van der Waals surface area contributed by atoms with Crippen LogP contribution in [0.3, 0.4) is 0 Å². The van der Waals surface area contributed by atoms with Gasteiger partial charge < -0.3 is 18.9 Å². The molecule has 0 aliphatic rings. The zero-order valence-electron chi connectivity index (χ0n) is 33.3. The summed E-state index contributed by atoms with van der Waals surface area (Å²) in [7, 11) is 1.46. The van der Waals surface area contributed by atoms with Gasteiger partial charge in [-0.1, -0.05) is 121 Å². The highest BCUT2D eigenvalue weighted by molar-refractivity contribution is 7.47. The highest BCUT2D eigenvalue weighted by atomic mass is 31.2. The number of carbonyl (C=O) groups is 2. The summed E-state index contributed by atoms with van der Waals surface area (Å²) in [6.45, 7) is 4.32. The Balaban J connectivity index is 4.46. The third kappa shape index (κ3) is 37.8. The number of ether oxygens (including phenoxy) is 2. The quantitative estimate of drug-likeness (QED) is 0.0222. The molecule has 0 fully saturated rings. The SMILES string of the molecule is CCCC/C=C\C/C=C\CCCCCCCC(=O)OC(COC(=O)CCCCCCC/C=C\CCCCCC)COP(=O)(O)OCC[N+](C)(C)C. The highest BCUT2D eigenvalue weighted by Gasteiger charge is 2.27. The summed E-state index contributed by atoms with van der Waals surface area (Å²) in [5.41, 5.74) is 0. The van der Waals surface area contributed by atoms with Crippen molar-refractivity contribution in [1.82, 2.24) is 0 Å². The van der Waals surface area contributed by atoms with Gasteiger partial charge >= 0.3 is 19.8 Å². The van der Waals surface area contributed by atoms with Gasteiger partial charge in [0.2, 0.25) is 0 Å². The first-order valence-electron chi connectivity index (χ1n) is 20.2. The molecule has 51 heavy (non-hydrogen) atoms. The van der Waals surface area contributed by atoms with Crippen LogP contribution in [0.25, 0.3) is 0 Å². The lowest BCUT2D eigenvalue weighted by atomic mass is 10.1. The maximum atomic E-state index is 12.6. The number of allylic oxidation sites excluding steroid dienone is 6. The zero-order chi connectivity index (χ0) is 37.9. The van der Waals surface area contributed by atoms with Crippen LogP contribution in [0.15, 0.2) is 36.5 Å². The van der Waals surface area contributed by atoms with E-state index in [-0.39, 0.29) is 32.0 Å². The van der Waals surface area contributed by atoms with Crippen LogP contribution in [0.5, 0.6) is 0 Å². The molecule has 0 aromatic rings. The molecule has 298 valence electrons. The molecule has 0 aliphatic heterocycles. The topological polar surface area (TPSA) is 108 Å². The molecule has 0 aromatic carbocycles. The highest BCUT2D eigenvalue weighted by Crippen LogP contribution is 2.43. The number of esters is 2. The number of nitrogens with zero attached hydrogens (tertiary/aromatic N) is 1. The van der Waals surface area contributed by atoms with Crippen molar-refractivity contribution in [2.45, 2.75) is 168 Å². The molecule has 1 N–H and O–H groups in total. The van der Waals surface area contributed by atoms with Crippen molar-refractivity contribution in [3.63, 3.8) is 0 Å². The summed E-state index contributed by atoms with van der Waals surface area (Å²) in [6, 6.07) is 0. The molecule has 0 saturated carbocycles. The molecule has 0 bridgehead atoms. The summed E-state index contributed by atoms with van der Waals surface area (Å²) >= 11 is 0. The molecule has 2 unspecified atom stereocenters. The van der Waals surface area contributed by atoms with Crippen molar-refractivity contribution in [1.29, 1.82) is 0 Å². The first-order chi connectivity index (χ1) is 24.5. The van der Waals surface area contributed by atoms with Gasteiger partial charge in [0, 0.05) is 12.8 Å². The van der Waals surface area contributed by atoms with E-state index in [1.807, 2.05) is 21.1 Å². The first-order valence-corrected chi connectivity index (χ1v) is 21.7. The number of rotatable bonds is 36. The van der Waals surface area contributed by atoms with E-state index in [2.05, 4.69) is 50.3 Å². The lowest BCUT2D eigenvalue weighted by Gasteiger charge is -2.24. The second-order valence-corrected chi connectivity index (χ2v) is 16.1. The molecule has 0 amide bonds. The van der Waals surface area contributed by atoms with Crippen LogP contribution in [0, 0.1) is 0 Å². The van der Waals surface area contributed by atoms with Gasteiger partial charge in [-0.15, -0.1) is 0 Å². The molecule has 0 radical (unpaired) electrons. The molecule has 2 atom stereocenters. The van der Waals surface area contributed by atoms with Gasteiger partial charge in [-0.3, -0.25) is 18.6 Å². The maximum absolute atomic E-state index is 12.6. The van der Waals surface area contributed by atoms with Crippen LogP contribution in [0.2, 0.25) is 0 Å². The minimum absolute atomic E-state index is 0.0271. The van der Waals surface area contributed by atoms with E-state index in [0.29, 0.717) is 17.4 Å². The van der Waals surface area contributed by atoms with Crippen molar-refractivity contribution in [3.05, 3.63) is 36.5 Å². The first kappa shape index (κ1) is 49.2. The van der Waals surface area contributed by atoms with E-state index in [1.165, 1.54) is 44.9 Å². The summed E-state index contributed by atoms with van der Waals surface area (Å²) < 4.78 is 34.2. The van der Waals surface area contributed by atoms with E-state index in [4.69, 9.17) is 18.5 Å². The normalized spacial score (nSPS) is 14.1. The number of hydrogen-bond donors (Lipinski definition) is 1. The van der Waals surface area contributed by atoms with Gasteiger partial charge in [0.15, 0.2) is 6.10 Å². The van der Waals surface area contributed by atoms with E-state index in [9.17, 15) is 19.0 Å². The maximum Gasteiger partial charge on any atom is 0.472 e. The Morgan fingerprint density at radius 3 is 1.63 bits per heavy atom. The average Bonchev–Trinajstić information content (AvgIpc) is 3.07. The molecule has 0 saturated heterocycles. The van der Waals surface area contributed by atoms with Crippen LogP contribution in [-0.2, 0) is 32.7 Å². The zero-order valence-corrected chi connectivity index (χ0v) is 34.2. The Bertz CT molecular complexity index is 975. The van der Waals surface area contributed by atoms with Gasteiger partial charge in [0.05, 0.1) is 27.7 Å². The Morgan fingerprint density at radius 2 is 1.08 bits per heavy atom. The second kappa shape index (κ2) is 34.0. The van der Waals surface area contributed by atoms with Crippen LogP contribution >= 0.6 is 7.82 Å². The van der Waals surface area contributed by atoms with Crippen LogP contribution in [-0.4, -0.2) is 74.9 Å². The molecular formula is C41H77NO8P+. The number of hydrogen-bond acceptors (Lipinski definition) is 7. The fourth-order valence-electron chi connectivity index (χ4n) is 5.14. The van der Waals surface area contributed by atoms with E-state index >= 15 is 0 Å². The standard InChI is InChI=1S/C41H76NO8P/c1-6-8-10-12-14-16-18-20-22-24-26-28-30-32-34-41(44)50-39(38-49-51(45,46)48-36-35-42(3,4)5)37-47-40(43)33-31-29-27-25-23-21-19-17-15-13-11-9-7-2/h12,14,17-20,39H,6-11,13,15-16,21-38H2,1-5H3/p+1/b14-12-,19-17-,20-18-. The molecule has 9 nitrogen and oxygen atoms in total. The minimum atomic E-state index is -4.37. The molecule has 0 aliphatic carbocycles. The molecule has 0 spiro atoms. The van der Waals surface area contributed by atoms with Gasteiger partial charge in [-0.05, 0) is 64.2 Å². The molecular weight excluding hydrogens is 665 g/mol. The van der Waals surface area contributed by atoms with Crippen molar-refractivity contribution in [2.75, 3.05) is 47.5 Å².